The van der Waals surface area contributed by atoms with Gasteiger partial charge in [0.1, 0.15) is 0 Å². The summed E-state index contributed by atoms with van der Waals surface area (Å²) < 4.78 is 0. The van der Waals surface area contributed by atoms with Gasteiger partial charge in [0, 0.05) is 0 Å². The second-order valence-corrected chi connectivity index (χ2v) is 5.87. The average Bonchev–Trinajstić information content (AvgIpc) is 2.40. The molecule has 1 aliphatic rings. The minimum atomic E-state index is 0.541. The summed E-state index contributed by atoms with van der Waals surface area (Å²) >= 11 is 0. The number of hydrogen-bond donors (Lipinski definition) is 0. The summed E-state index contributed by atoms with van der Waals surface area (Å²) in [5.74, 6) is 1.57. The van der Waals surface area contributed by atoms with Gasteiger partial charge in [-0.3, -0.25) is 0 Å². The lowest BCUT2D eigenvalue weighted by molar-refractivity contribution is 0.0725. The van der Waals surface area contributed by atoms with Gasteiger partial charge in [-0.2, -0.15) is 0 Å². The molecular formula is C17H26. The molecule has 1 aliphatic carbocycles. The maximum absolute atomic E-state index is 2.47. The zero-order valence-corrected chi connectivity index (χ0v) is 11.6. The minimum absolute atomic E-state index is 0.541. The van der Waals surface area contributed by atoms with Crippen LogP contribution in [0.15, 0.2) is 30.3 Å². The van der Waals surface area contributed by atoms with Crippen molar-refractivity contribution in [2.24, 2.45) is 11.3 Å². The van der Waals surface area contributed by atoms with Gasteiger partial charge in [0.15, 0.2) is 0 Å². The molecule has 0 spiro atoms. The molecule has 1 fully saturated rings. The average molecular weight is 230 g/mol. The van der Waals surface area contributed by atoms with E-state index in [0.29, 0.717) is 11.3 Å². The molecule has 3 unspecified atom stereocenters. The van der Waals surface area contributed by atoms with E-state index in [1.54, 1.807) is 0 Å². The smallest absolute Gasteiger partial charge is 0.0131 e. The van der Waals surface area contributed by atoms with Gasteiger partial charge in [0.25, 0.3) is 0 Å². The van der Waals surface area contributed by atoms with E-state index in [1.807, 2.05) is 0 Å². The molecule has 0 radical (unpaired) electrons. The Labute approximate surface area is 106 Å². The fraction of sp³-hybridized carbons (Fsp3) is 0.647. The van der Waals surface area contributed by atoms with Gasteiger partial charge in [-0.15, -0.1) is 0 Å². The molecule has 1 aromatic carbocycles. The van der Waals surface area contributed by atoms with E-state index >= 15 is 0 Å². The predicted octanol–water partition coefficient (Wildman–Crippen LogP) is 5.40. The van der Waals surface area contributed by atoms with E-state index in [1.165, 1.54) is 37.7 Å². The van der Waals surface area contributed by atoms with Crippen LogP contribution < -0.4 is 0 Å². The highest BCUT2D eigenvalue weighted by Crippen LogP contribution is 2.52. The fourth-order valence-corrected chi connectivity index (χ4v) is 3.99. The fourth-order valence-electron chi connectivity index (χ4n) is 3.99. The van der Waals surface area contributed by atoms with Crippen molar-refractivity contribution in [3.63, 3.8) is 0 Å². The Morgan fingerprint density at radius 2 is 1.94 bits per heavy atom. The molecule has 0 heterocycles. The quantitative estimate of drug-likeness (QED) is 0.652. The Hall–Kier alpha value is -0.780. The molecule has 1 saturated carbocycles. The molecule has 1 aromatic rings. The second-order valence-electron chi connectivity index (χ2n) is 5.87. The van der Waals surface area contributed by atoms with Gasteiger partial charge in [-0.25, -0.2) is 0 Å². The van der Waals surface area contributed by atoms with Crippen molar-refractivity contribution in [1.82, 2.24) is 0 Å². The molecule has 0 aromatic heterocycles. The van der Waals surface area contributed by atoms with Gasteiger partial charge < -0.3 is 0 Å². The van der Waals surface area contributed by atoms with Crippen molar-refractivity contribution in [2.45, 2.75) is 58.8 Å². The van der Waals surface area contributed by atoms with Crippen LogP contribution >= 0.6 is 0 Å². The van der Waals surface area contributed by atoms with Gasteiger partial charge >= 0.3 is 0 Å². The van der Waals surface area contributed by atoms with Gasteiger partial charge in [0.05, 0.1) is 0 Å². The summed E-state index contributed by atoms with van der Waals surface area (Å²) in [6.45, 7) is 7.31. The first-order valence-corrected chi connectivity index (χ1v) is 7.25. The maximum Gasteiger partial charge on any atom is -0.0131 e. The van der Waals surface area contributed by atoms with Crippen LogP contribution in [-0.4, -0.2) is 0 Å². The predicted molar refractivity (Wildman–Crippen MR) is 75.2 cm³/mol. The van der Waals surface area contributed by atoms with Crippen LogP contribution in [0.2, 0.25) is 0 Å². The lowest BCUT2D eigenvalue weighted by Gasteiger charge is -2.47. The van der Waals surface area contributed by atoms with Crippen LogP contribution in [0.5, 0.6) is 0 Å². The standard InChI is InChI=1S/C17H26/c1-4-17(13-9-8-10-14(17)2)15(3)16-11-6-5-7-12-16/h5-7,11-12,14-15H,4,8-10,13H2,1-3H3. The number of benzene rings is 1. The molecule has 0 amide bonds. The van der Waals surface area contributed by atoms with E-state index in [2.05, 4.69) is 51.1 Å². The molecule has 17 heavy (non-hydrogen) atoms. The minimum Gasteiger partial charge on any atom is -0.0648 e. The largest absolute Gasteiger partial charge is 0.0648 e. The van der Waals surface area contributed by atoms with Crippen molar-refractivity contribution in [2.75, 3.05) is 0 Å². The Morgan fingerprint density at radius 3 is 2.53 bits per heavy atom. The number of hydrogen-bond acceptors (Lipinski definition) is 0. The summed E-state index contributed by atoms with van der Waals surface area (Å²) in [4.78, 5) is 0. The van der Waals surface area contributed by atoms with Crippen LogP contribution in [0.25, 0.3) is 0 Å². The van der Waals surface area contributed by atoms with Crippen LogP contribution in [0, 0.1) is 11.3 Å². The topological polar surface area (TPSA) is 0 Å². The van der Waals surface area contributed by atoms with Crippen molar-refractivity contribution >= 4 is 0 Å². The summed E-state index contributed by atoms with van der Waals surface area (Å²) in [7, 11) is 0. The van der Waals surface area contributed by atoms with Gasteiger partial charge in [-0.05, 0) is 35.7 Å². The molecule has 3 atom stereocenters. The van der Waals surface area contributed by atoms with E-state index < -0.39 is 0 Å². The lowest BCUT2D eigenvalue weighted by Crippen LogP contribution is -2.36. The van der Waals surface area contributed by atoms with Crippen molar-refractivity contribution in [3.05, 3.63) is 35.9 Å². The molecule has 0 saturated heterocycles. The second kappa shape index (κ2) is 5.25. The Morgan fingerprint density at radius 1 is 1.24 bits per heavy atom. The van der Waals surface area contributed by atoms with Crippen molar-refractivity contribution in [1.29, 1.82) is 0 Å². The first-order chi connectivity index (χ1) is 8.20. The number of rotatable bonds is 3. The lowest BCUT2D eigenvalue weighted by atomic mass is 9.58. The molecule has 94 valence electrons. The van der Waals surface area contributed by atoms with E-state index in [0.717, 1.165) is 5.92 Å². The van der Waals surface area contributed by atoms with Crippen LogP contribution in [0.1, 0.15) is 64.4 Å². The molecule has 0 N–H and O–H groups in total. The van der Waals surface area contributed by atoms with Crippen LogP contribution in [0.4, 0.5) is 0 Å². The SMILES string of the molecule is CCC1(C(C)c2ccccc2)CCCCC1C. The summed E-state index contributed by atoms with van der Waals surface area (Å²) in [5.41, 5.74) is 2.07. The molecule has 0 nitrogen and oxygen atoms in total. The summed E-state index contributed by atoms with van der Waals surface area (Å²) in [6, 6.07) is 11.1. The third kappa shape index (κ3) is 2.27. The van der Waals surface area contributed by atoms with Crippen molar-refractivity contribution < 1.29 is 0 Å². The van der Waals surface area contributed by atoms with Crippen molar-refractivity contribution in [3.8, 4) is 0 Å². The van der Waals surface area contributed by atoms with Crippen LogP contribution in [0.3, 0.4) is 0 Å². The monoisotopic (exact) mass is 230 g/mol. The van der Waals surface area contributed by atoms with E-state index in [9.17, 15) is 0 Å². The summed E-state index contributed by atoms with van der Waals surface area (Å²) in [6.07, 6.45) is 7.02. The molecule has 0 heteroatoms. The third-order valence-electron chi connectivity index (χ3n) is 5.33. The van der Waals surface area contributed by atoms with E-state index in [4.69, 9.17) is 0 Å². The Kier molecular flexibility index (Phi) is 3.91. The Balaban J connectivity index is 2.28. The molecule has 0 bridgehead atoms. The normalized spacial score (nSPS) is 31.1. The first kappa shape index (κ1) is 12.7. The molecule has 0 aliphatic heterocycles. The van der Waals surface area contributed by atoms with E-state index in [-0.39, 0.29) is 0 Å². The maximum atomic E-state index is 2.47. The zero-order valence-electron chi connectivity index (χ0n) is 11.6. The molecule has 2 rings (SSSR count). The highest BCUT2D eigenvalue weighted by molar-refractivity contribution is 5.22. The highest BCUT2D eigenvalue weighted by atomic mass is 14.5. The Bertz CT molecular complexity index is 340. The third-order valence-corrected chi connectivity index (χ3v) is 5.33. The molecular weight excluding hydrogens is 204 g/mol. The zero-order chi connectivity index (χ0) is 12.3. The van der Waals surface area contributed by atoms with Gasteiger partial charge in [0.2, 0.25) is 0 Å². The first-order valence-electron chi connectivity index (χ1n) is 7.25. The van der Waals surface area contributed by atoms with Gasteiger partial charge in [-0.1, -0.05) is 70.4 Å². The highest BCUT2D eigenvalue weighted by Gasteiger charge is 2.41. The van der Waals surface area contributed by atoms with Crippen LogP contribution in [-0.2, 0) is 0 Å². The summed E-state index contributed by atoms with van der Waals surface area (Å²) in [5, 5.41) is 0.